The fourth-order valence-electron chi connectivity index (χ4n) is 3.13. The monoisotopic (exact) mass is 439 g/mol. The van der Waals surface area contributed by atoms with Crippen molar-refractivity contribution in [2.24, 2.45) is 16.5 Å². The molecular formula is C21H19Cl2N7. The number of hydrogen-bond acceptors (Lipinski definition) is 5. The molecule has 2 aromatic heterocycles. The van der Waals surface area contributed by atoms with Crippen molar-refractivity contribution >= 4 is 68.2 Å². The largest absolute Gasteiger partial charge is 0.381 e. The van der Waals surface area contributed by atoms with Gasteiger partial charge in [0.2, 0.25) is 0 Å². The number of anilines is 3. The van der Waals surface area contributed by atoms with Gasteiger partial charge in [-0.1, -0.05) is 23.2 Å². The second kappa shape index (κ2) is 8.61. The van der Waals surface area contributed by atoms with E-state index >= 15 is 0 Å². The van der Waals surface area contributed by atoms with Gasteiger partial charge in [-0.05, 0) is 48.5 Å². The number of halogens is 2. The zero-order valence-electron chi connectivity index (χ0n) is 15.9. The van der Waals surface area contributed by atoms with Gasteiger partial charge in [0.05, 0.1) is 33.3 Å². The maximum atomic E-state index is 6.13. The number of aromatic nitrogens is 2. The predicted octanol–water partition coefficient (Wildman–Crippen LogP) is 4.52. The minimum Gasteiger partial charge on any atom is -0.381 e. The van der Waals surface area contributed by atoms with Crippen LogP contribution in [0.4, 0.5) is 17.1 Å². The summed E-state index contributed by atoms with van der Waals surface area (Å²) >= 11 is 12.1. The van der Waals surface area contributed by atoms with Gasteiger partial charge in [-0.15, -0.1) is 0 Å². The first kappa shape index (κ1) is 20.0. The molecule has 0 saturated heterocycles. The minimum absolute atomic E-state index is 0.0625. The van der Waals surface area contributed by atoms with E-state index in [0.29, 0.717) is 23.1 Å². The van der Waals surface area contributed by atoms with Crippen LogP contribution in [0.3, 0.4) is 0 Å². The standard InChI is InChI=1S/C21H19Cl2N7/c22-15-5-3-13(11-16(15)23)29-12-4-6-17-14(10-12)19(27-8-9-28-21(24)25)20-18(30-17)2-1-7-26-20/h1-7,10-11,29H,8-9H2,(H,27,30)(H4,24,25,28). The second-order valence-electron chi connectivity index (χ2n) is 6.58. The molecule has 0 unspecified atom stereocenters. The number of benzene rings is 2. The lowest BCUT2D eigenvalue weighted by Crippen LogP contribution is -2.24. The molecule has 2 heterocycles. The van der Waals surface area contributed by atoms with E-state index in [-0.39, 0.29) is 5.96 Å². The number of hydrogen-bond donors (Lipinski definition) is 4. The average Bonchev–Trinajstić information content (AvgIpc) is 2.73. The molecule has 2 aromatic carbocycles. The van der Waals surface area contributed by atoms with Gasteiger partial charge in [0.15, 0.2) is 5.96 Å². The molecule has 0 spiro atoms. The number of guanidine groups is 1. The van der Waals surface area contributed by atoms with Crippen LogP contribution in [-0.2, 0) is 0 Å². The Labute approximate surface area is 183 Å². The third-order valence-electron chi connectivity index (χ3n) is 4.45. The zero-order valence-corrected chi connectivity index (χ0v) is 17.4. The van der Waals surface area contributed by atoms with Crippen LogP contribution in [0.25, 0.3) is 21.9 Å². The average molecular weight is 440 g/mol. The molecule has 7 nitrogen and oxygen atoms in total. The van der Waals surface area contributed by atoms with Crippen LogP contribution in [0, 0.1) is 0 Å². The number of nitrogens with zero attached hydrogens (tertiary/aromatic N) is 3. The molecule has 0 saturated carbocycles. The van der Waals surface area contributed by atoms with Gasteiger partial charge in [-0.2, -0.15) is 0 Å². The maximum absolute atomic E-state index is 6.13. The minimum atomic E-state index is 0.0625. The normalized spacial score (nSPS) is 10.9. The SMILES string of the molecule is NC(N)=NCCNc1c2cc(Nc3ccc(Cl)c(Cl)c3)ccc2nc2cccnc12. The Morgan fingerprint density at radius 3 is 2.57 bits per heavy atom. The molecule has 152 valence electrons. The first-order valence-electron chi connectivity index (χ1n) is 9.21. The van der Waals surface area contributed by atoms with Crippen molar-refractivity contribution in [2.45, 2.75) is 0 Å². The summed E-state index contributed by atoms with van der Waals surface area (Å²) in [6, 6.07) is 15.1. The summed E-state index contributed by atoms with van der Waals surface area (Å²) in [5.41, 5.74) is 15.9. The highest BCUT2D eigenvalue weighted by atomic mass is 35.5. The van der Waals surface area contributed by atoms with Crippen LogP contribution >= 0.6 is 23.2 Å². The lowest BCUT2D eigenvalue weighted by atomic mass is 10.1. The Morgan fingerprint density at radius 1 is 0.967 bits per heavy atom. The van der Waals surface area contributed by atoms with Crippen LogP contribution in [0.15, 0.2) is 59.7 Å². The number of fused-ring (bicyclic) bond motifs is 2. The van der Waals surface area contributed by atoms with Crippen LogP contribution in [0.1, 0.15) is 0 Å². The van der Waals surface area contributed by atoms with Gasteiger partial charge in [0.1, 0.15) is 5.52 Å². The van der Waals surface area contributed by atoms with Crippen molar-refractivity contribution in [1.29, 1.82) is 0 Å². The quantitative estimate of drug-likeness (QED) is 0.152. The van der Waals surface area contributed by atoms with Crippen molar-refractivity contribution in [3.8, 4) is 0 Å². The Balaban J connectivity index is 1.74. The molecule has 4 aromatic rings. The van der Waals surface area contributed by atoms with E-state index in [4.69, 9.17) is 39.7 Å². The molecule has 0 atom stereocenters. The lowest BCUT2D eigenvalue weighted by molar-refractivity contribution is 1.02. The lowest BCUT2D eigenvalue weighted by Gasteiger charge is -2.14. The summed E-state index contributed by atoms with van der Waals surface area (Å²) in [5, 5.41) is 8.68. The van der Waals surface area contributed by atoms with E-state index in [2.05, 4.69) is 20.6 Å². The molecule has 0 aliphatic rings. The summed E-state index contributed by atoms with van der Waals surface area (Å²) in [5.74, 6) is 0.0625. The molecule has 0 aliphatic heterocycles. The zero-order chi connectivity index (χ0) is 21.1. The fourth-order valence-corrected chi connectivity index (χ4v) is 3.43. The van der Waals surface area contributed by atoms with Crippen molar-refractivity contribution in [2.75, 3.05) is 23.7 Å². The molecular weight excluding hydrogens is 421 g/mol. The molecule has 4 rings (SSSR count). The predicted molar refractivity (Wildman–Crippen MR) is 126 cm³/mol. The van der Waals surface area contributed by atoms with Gasteiger partial charge in [-0.25, -0.2) is 4.98 Å². The van der Waals surface area contributed by atoms with Gasteiger partial charge in [-0.3, -0.25) is 9.98 Å². The van der Waals surface area contributed by atoms with Crippen molar-refractivity contribution in [3.63, 3.8) is 0 Å². The Bertz CT molecular complexity index is 1250. The van der Waals surface area contributed by atoms with Gasteiger partial charge in [0, 0.05) is 29.5 Å². The first-order valence-corrected chi connectivity index (χ1v) is 9.97. The summed E-state index contributed by atoms with van der Waals surface area (Å²) in [7, 11) is 0. The maximum Gasteiger partial charge on any atom is 0.185 e. The second-order valence-corrected chi connectivity index (χ2v) is 7.39. The van der Waals surface area contributed by atoms with Crippen LogP contribution in [0.2, 0.25) is 10.0 Å². The van der Waals surface area contributed by atoms with Crippen molar-refractivity contribution in [1.82, 2.24) is 9.97 Å². The molecule has 6 N–H and O–H groups in total. The molecule has 0 amide bonds. The third kappa shape index (κ3) is 4.32. The summed E-state index contributed by atoms with van der Waals surface area (Å²) in [4.78, 5) is 13.3. The molecule has 0 radical (unpaired) electrons. The van der Waals surface area contributed by atoms with Crippen LogP contribution < -0.4 is 22.1 Å². The number of pyridine rings is 2. The van der Waals surface area contributed by atoms with E-state index in [1.54, 1.807) is 18.3 Å². The molecule has 0 aliphatic carbocycles. The number of nitrogens with one attached hydrogen (secondary N) is 2. The summed E-state index contributed by atoms with van der Waals surface area (Å²) < 4.78 is 0. The third-order valence-corrected chi connectivity index (χ3v) is 5.19. The Morgan fingerprint density at radius 2 is 1.77 bits per heavy atom. The highest BCUT2D eigenvalue weighted by Crippen LogP contribution is 2.33. The van der Waals surface area contributed by atoms with Gasteiger partial charge in [0.25, 0.3) is 0 Å². The molecule has 0 fully saturated rings. The molecule has 30 heavy (non-hydrogen) atoms. The Kier molecular flexibility index (Phi) is 5.74. The fraction of sp³-hybridized carbons (Fsp3) is 0.0952. The highest BCUT2D eigenvalue weighted by molar-refractivity contribution is 6.42. The van der Waals surface area contributed by atoms with E-state index in [1.807, 2.05) is 36.4 Å². The first-order chi connectivity index (χ1) is 14.5. The van der Waals surface area contributed by atoms with Gasteiger partial charge < -0.3 is 22.1 Å². The smallest absolute Gasteiger partial charge is 0.185 e. The Hall–Kier alpha value is -3.29. The highest BCUT2D eigenvalue weighted by Gasteiger charge is 2.11. The van der Waals surface area contributed by atoms with E-state index in [9.17, 15) is 0 Å². The van der Waals surface area contributed by atoms with Crippen LogP contribution in [-0.4, -0.2) is 29.0 Å². The summed E-state index contributed by atoms with van der Waals surface area (Å²) in [6.07, 6.45) is 1.74. The number of aliphatic imine (C=N–C) groups is 1. The number of nitrogens with two attached hydrogens (primary N) is 2. The van der Waals surface area contributed by atoms with Crippen molar-refractivity contribution in [3.05, 3.63) is 64.8 Å². The van der Waals surface area contributed by atoms with E-state index < -0.39 is 0 Å². The van der Waals surface area contributed by atoms with Gasteiger partial charge >= 0.3 is 0 Å². The topological polar surface area (TPSA) is 114 Å². The molecule has 0 bridgehead atoms. The van der Waals surface area contributed by atoms with Crippen molar-refractivity contribution < 1.29 is 0 Å². The van der Waals surface area contributed by atoms with E-state index in [1.165, 1.54) is 0 Å². The van der Waals surface area contributed by atoms with Crippen LogP contribution in [0.5, 0.6) is 0 Å². The van der Waals surface area contributed by atoms with E-state index in [0.717, 1.165) is 39.0 Å². The summed E-state index contributed by atoms with van der Waals surface area (Å²) in [6.45, 7) is 0.995. The molecule has 9 heteroatoms. The number of rotatable bonds is 6.